The molecule has 0 aliphatic heterocycles. The highest BCUT2D eigenvalue weighted by Gasteiger charge is 2.13. The molecule has 0 unspecified atom stereocenters. The lowest BCUT2D eigenvalue weighted by Gasteiger charge is -2.00. The first-order valence-electron chi connectivity index (χ1n) is 3.82. The van der Waals surface area contributed by atoms with Crippen LogP contribution in [0.25, 0.3) is 0 Å². The van der Waals surface area contributed by atoms with Crippen molar-refractivity contribution >= 4 is 27.7 Å². The maximum absolute atomic E-state index is 10.8. The van der Waals surface area contributed by atoms with Crippen molar-refractivity contribution in [1.82, 2.24) is 5.27 Å². The quantitative estimate of drug-likeness (QED) is 0.335. The van der Waals surface area contributed by atoms with E-state index in [0.717, 1.165) is 0 Å². The second-order valence-corrected chi connectivity index (χ2v) is 3.31. The summed E-state index contributed by atoms with van der Waals surface area (Å²) in [4.78, 5) is 3.64. The van der Waals surface area contributed by atoms with Crippen LogP contribution in [0.15, 0.2) is 15.7 Å². The minimum atomic E-state index is -0.285. The molecule has 0 bridgehead atoms. The highest BCUT2D eigenvalue weighted by atomic mass is 79.9. The normalized spacial score (nSPS) is 12.5. The molecule has 0 N–H and O–H groups in total. The number of alkyl halides is 1. The largest absolute Gasteiger partial charge is 0.861 e. The van der Waals surface area contributed by atoms with E-state index in [1.165, 1.54) is 0 Å². The summed E-state index contributed by atoms with van der Waals surface area (Å²) in [6.07, 6.45) is 1.59. The van der Waals surface area contributed by atoms with Gasteiger partial charge in [0.05, 0.1) is 0 Å². The summed E-state index contributed by atoms with van der Waals surface area (Å²) in [5.41, 5.74) is 0. The van der Waals surface area contributed by atoms with Crippen molar-refractivity contribution in [3.63, 3.8) is 0 Å². The monoisotopic (exact) mass is 247 g/mol. The molecule has 6 heteroatoms. The van der Waals surface area contributed by atoms with Crippen molar-refractivity contribution in [2.75, 3.05) is 5.33 Å². The molecular weight excluding hydrogens is 238 g/mol. The van der Waals surface area contributed by atoms with E-state index < -0.39 is 0 Å². The van der Waals surface area contributed by atoms with Gasteiger partial charge in [-0.3, -0.25) is 4.52 Å². The number of halogens is 1. The first kappa shape index (κ1) is 10.2. The second-order valence-electron chi connectivity index (χ2n) is 2.75. The maximum atomic E-state index is 10.8. The number of aliphatic imine (C=N–C) groups is 1. The van der Waals surface area contributed by atoms with E-state index in [0.29, 0.717) is 0 Å². The van der Waals surface area contributed by atoms with Crippen LogP contribution >= 0.6 is 15.9 Å². The first-order chi connectivity index (χ1) is 6.13. The number of hydrogen-bond acceptors (Lipinski definition) is 4. The number of aromatic nitrogens is 2. The molecule has 13 heavy (non-hydrogen) atoms. The van der Waals surface area contributed by atoms with Gasteiger partial charge < -0.3 is 5.11 Å². The summed E-state index contributed by atoms with van der Waals surface area (Å²) >= 11 is 3.00. The molecule has 0 aromatic carbocycles. The van der Waals surface area contributed by atoms with E-state index in [-0.39, 0.29) is 23.2 Å². The predicted molar refractivity (Wildman–Crippen MR) is 48.0 cm³/mol. The predicted octanol–water partition coefficient (Wildman–Crippen LogP) is 0.328. The standard InChI is InChI=1S/C7H10BrN3O2/c1-5(2)11-4-7(13-10-11)9-6(12)3-8/h4-5H,3H2,1-2H3. The van der Waals surface area contributed by atoms with E-state index in [9.17, 15) is 5.11 Å². The zero-order valence-corrected chi connectivity index (χ0v) is 8.98. The smallest absolute Gasteiger partial charge is 0.320 e. The Morgan fingerprint density at radius 1 is 1.85 bits per heavy atom. The van der Waals surface area contributed by atoms with E-state index in [4.69, 9.17) is 4.52 Å². The van der Waals surface area contributed by atoms with Crippen molar-refractivity contribution in [2.24, 2.45) is 4.99 Å². The fraction of sp³-hybridized carbons (Fsp3) is 0.571. The Bertz CT molecular complexity index is 308. The fourth-order valence-electron chi connectivity index (χ4n) is 0.695. The van der Waals surface area contributed by atoms with E-state index in [1.807, 2.05) is 13.8 Å². The zero-order valence-electron chi connectivity index (χ0n) is 7.40. The Morgan fingerprint density at radius 2 is 2.54 bits per heavy atom. The molecule has 0 amide bonds. The van der Waals surface area contributed by atoms with Crippen molar-refractivity contribution in [3.05, 3.63) is 6.20 Å². The van der Waals surface area contributed by atoms with Crippen LogP contribution in [0.1, 0.15) is 19.9 Å². The van der Waals surface area contributed by atoms with Crippen LogP contribution < -0.4 is 9.79 Å². The molecule has 1 aromatic rings. The molecule has 5 nitrogen and oxygen atoms in total. The van der Waals surface area contributed by atoms with Crippen LogP contribution in [0.4, 0.5) is 5.88 Å². The molecule has 0 saturated carbocycles. The first-order valence-corrected chi connectivity index (χ1v) is 4.94. The van der Waals surface area contributed by atoms with Gasteiger partial charge in [-0.05, 0) is 24.4 Å². The number of nitrogens with zero attached hydrogens (tertiary/aromatic N) is 3. The Kier molecular flexibility index (Phi) is 3.41. The molecule has 1 heterocycles. The summed E-state index contributed by atoms with van der Waals surface area (Å²) in [5, 5.41) is 14.7. The Morgan fingerprint density at radius 3 is 3.00 bits per heavy atom. The fourth-order valence-corrected chi connectivity index (χ4v) is 0.820. The molecule has 0 aliphatic rings. The highest BCUT2D eigenvalue weighted by Crippen LogP contribution is 2.07. The van der Waals surface area contributed by atoms with Crippen molar-refractivity contribution < 1.29 is 14.3 Å². The second kappa shape index (κ2) is 4.36. The third-order valence-electron chi connectivity index (χ3n) is 1.35. The highest BCUT2D eigenvalue weighted by molar-refractivity contribution is 9.09. The SMILES string of the molecule is CC(C)[n+]1cc(/N=C(\[O-])CBr)on1. The Hall–Kier alpha value is -0.910. The summed E-state index contributed by atoms with van der Waals surface area (Å²) in [7, 11) is 0. The lowest BCUT2D eigenvalue weighted by atomic mass is 10.4. The molecular formula is C7H10BrN3O2. The van der Waals surface area contributed by atoms with E-state index >= 15 is 0 Å². The molecule has 0 radical (unpaired) electrons. The van der Waals surface area contributed by atoms with Gasteiger partial charge in [-0.25, -0.2) is 4.99 Å². The lowest BCUT2D eigenvalue weighted by molar-refractivity contribution is -0.779. The van der Waals surface area contributed by atoms with Crippen LogP contribution in [0.3, 0.4) is 0 Å². The summed E-state index contributed by atoms with van der Waals surface area (Å²) in [5.74, 6) is -0.0507. The topological polar surface area (TPSA) is 65.3 Å². The zero-order chi connectivity index (χ0) is 9.84. The van der Waals surface area contributed by atoms with Crippen molar-refractivity contribution in [1.29, 1.82) is 0 Å². The molecule has 0 saturated heterocycles. The summed E-state index contributed by atoms with van der Waals surface area (Å²) in [6.45, 7) is 3.91. The minimum Gasteiger partial charge on any atom is -0.861 e. The van der Waals surface area contributed by atoms with Gasteiger partial charge in [0.2, 0.25) is 5.27 Å². The van der Waals surface area contributed by atoms with Gasteiger partial charge in [0.25, 0.3) is 6.20 Å². The average Bonchev–Trinajstić information content (AvgIpc) is 2.52. The molecule has 0 spiro atoms. The third-order valence-corrected chi connectivity index (χ3v) is 1.83. The molecule has 72 valence electrons. The molecule has 0 fully saturated rings. The van der Waals surface area contributed by atoms with Gasteiger partial charge in [-0.2, -0.15) is 0 Å². The average molecular weight is 248 g/mol. The maximum Gasteiger partial charge on any atom is 0.320 e. The van der Waals surface area contributed by atoms with Crippen LogP contribution in [-0.2, 0) is 0 Å². The molecule has 0 atom stereocenters. The van der Waals surface area contributed by atoms with Gasteiger partial charge in [-0.15, -0.1) is 0 Å². The van der Waals surface area contributed by atoms with Crippen LogP contribution in [0.2, 0.25) is 0 Å². The Labute approximate surface area is 84.2 Å². The summed E-state index contributed by atoms with van der Waals surface area (Å²) < 4.78 is 6.40. The third kappa shape index (κ3) is 2.80. The molecule has 1 aromatic heterocycles. The van der Waals surface area contributed by atoms with Gasteiger partial charge in [0.1, 0.15) is 0 Å². The molecule has 1 rings (SSSR count). The minimum absolute atomic E-state index is 0.190. The van der Waals surface area contributed by atoms with Gasteiger partial charge in [0, 0.05) is 5.33 Å². The van der Waals surface area contributed by atoms with Gasteiger partial charge >= 0.3 is 5.88 Å². The van der Waals surface area contributed by atoms with Crippen molar-refractivity contribution in [2.45, 2.75) is 19.9 Å². The van der Waals surface area contributed by atoms with Crippen LogP contribution in [0, 0.1) is 0 Å². The van der Waals surface area contributed by atoms with Gasteiger partial charge in [0.15, 0.2) is 6.04 Å². The summed E-state index contributed by atoms with van der Waals surface area (Å²) in [6, 6.07) is 0.201. The molecule has 0 aliphatic carbocycles. The van der Waals surface area contributed by atoms with Crippen LogP contribution in [-0.4, -0.2) is 16.5 Å². The van der Waals surface area contributed by atoms with Gasteiger partial charge in [-0.1, -0.05) is 15.9 Å². The van der Waals surface area contributed by atoms with Crippen LogP contribution in [0.5, 0.6) is 0 Å². The van der Waals surface area contributed by atoms with Crippen molar-refractivity contribution in [3.8, 4) is 0 Å². The van der Waals surface area contributed by atoms with E-state index in [2.05, 4.69) is 26.2 Å². The lowest BCUT2D eigenvalue weighted by Crippen LogP contribution is -2.36. The Balaban J connectivity index is 2.80. The number of rotatable bonds is 3. The van der Waals surface area contributed by atoms with E-state index in [1.54, 1.807) is 10.9 Å². The number of hydrogen-bond donors (Lipinski definition) is 0.